The van der Waals surface area contributed by atoms with Crippen LogP contribution in [-0.4, -0.2) is 96.0 Å². The quantitative estimate of drug-likeness (QED) is 0.0594. The summed E-state index contributed by atoms with van der Waals surface area (Å²) in [7, 11) is 1.79. The summed E-state index contributed by atoms with van der Waals surface area (Å²) in [6.07, 6.45) is 2.00. The molecule has 2 aliphatic heterocycles. The lowest BCUT2D eigenvalue weighted by Crippen LogP contribution is -2.71. The van der Waals surface area contributed by atoms with Crippen LogP contribution in [-0.2, 0) is 37.1 Å². The molecule has 0 bridgehead atoms. The van der Waals surface area contributed by atoms with Crippen LogP contribution >= 0.6 is 34.7 Å². The average Bonchev–Trinajstić information content (AvgIpc) is 3.49. The van der Waals surface area contributed by atoms with E-state index in [0.29, 0.717) is 29.7 Å². The van der Waals surface area contributed by atoms with E-state index in [2.05, 4.69) is 25.8 Å². The molecule has 0 saturated carbocycles. The first-order chi connectivity index (χ1) is 21.4. The minimum atomic E-state index is -1.42. The Hall–Kier alpha value is -4.46. The Morgan fingerprint density at radius 2 is 2.11 bits per heavy atom. The van der Waals surface area contributed by atoms with Gasteiger partial charge in [-0.3, -0.25) is 19.1 Å². The van der Waals surface area contributed by atoms with Gasteiger partial charge in [-0.15, -0.1) is 11.8 Å². The summed E-state index contributed by atoms with van der Waals surface area (Å²) in [5, 5.41) is 27.6. The molecule has 20 heteroatoms. The summed E-state index contributed by atoms with van der Waals surface area (Å²) in [6.45, 7) is 2.38. The number of nitrogens with one attached hydrogen (secondary N) is 3. The zero-order valence-corrected chi connectivity index (χ0v) is 26.0. The maximum Gasteiger partial charge on any atom is 0.352 e. The minimum Gasteiger partial charge on any atom is -0.478 e. The van der Waals surface area contributed by atoms with Gasteiger partial charge in [0, 0.05) is 30.5 Å². The number of nitrogens with two attached hydrogens (primary N) is 1. The van der Waals surface area contributed by atoms with Gasteiger partial charge in [0.1, 0.15) is 32.7 Å². The molecule has 7 N–H and O–H groups in total. The zero-order valence-electron chi connectivity index (χ0n) is 23.6. The number of halogens is 1. The van der Waals surface area contributed by atoms with Crippen LogP contribution in [0.3, 0.4) is 0 Å². The number of nitrogens with zero attached hydrogens (tertiary/aromatic N) is 5. The Morgan fingerprint density at radius 3 is 2.76 bits per heavy atom. The predicted octanol–water partition coefficient (Wildman–Crippen LogP) is -0.839. The summed E-state index contributed by atoms with van der Waals surface area (Å²) >= 11 is 8.25. The van der Waals surface area contributed by atoms with Crippen molar-refractivity contribution in [1.29, 1.82) is 0 Å². The highest BCUT2D eigenvalue weighted by Gasteiger charge is 2.55. The van der Waals surface area contributed by atoms with Gasteiger partial charge in [0.2, 0.25) is 6.10 Å². The monoisotopic (exact) mass is 680 g/mol. The Kier molecular flexibility index (Phi) is 9.14. The van der Waals surface area contributed by atoms with Crippen molar-refractivity contribution in [2.24, 2.45) is 5.16 Å². The summed E-state index contributed by atoms with van der Waals surface area (Å²) < 4.78 is 3.29. The van der Waals surface area contributed by atoms with Crippen LogP contribution < -0.4 is 26.6 Å². The Labute approximate surface area is 266 Å². The summed E-state index contributed by atoms with van der Waals surface area (Å²) in [6, 6.07) is 0.618. The third-order valence-electron chi connectivity index (χ3n) is 6.96. The molecule has 1 fully saturated rings. The van der Waals surface area contributed by atoms with Gasteiger partial charge in [-0.1, -0.05) is 28.1 Å². The van der Waals surface area contributed by atoms with Gasteiger partial charge < -0.3 is 36.4 Å². The molecule has 45 heavy (non-hydrogen) atoms. The Balaban J connectivity index is 1.36. The number of likely N-dealkylation sites (N-methyl/N-ethyl adjacent to an activating group) is 1. The number of thioether (sulfide) groups is 1. The lowest BCUT2D eigenvalue weighted by molar-refractivity contribution is -0.687. The molecule has 2 unspecified atom stereocenters. The van der Waals surface area contributed by atoms with Crippen molar-refractivity contribution in [3.8, 4) is 0 Å². The molecule has 2 aliphatic rings. The van der Waals surface area contributed by atoms with Crippen LogP contribution in [0.15, 0.2) is 39.7 Å². The molecule has 5 heterocycles. The third-order valence-corrected chi connectivity index (χ3v) is 9.38. The number of thiazole rings is 1. The molecule has 1 saturated heterocycles. The molecular weight excluding hydrogens is 654 g/mol. The van der Waals surface area contributed by atoms with Gasteiger partial charge in [0.05, 0.1) is 5.52 Å². The standard InChI is InChI=1S/C25H26ClN9O8S2/c1-10(22(38)39)43-32-15(14-18(26)45-24(27)31-14)19(36)30-16-20(37)35-17(23(40)41)11(9-44-21(16)35)7-33-5-3-13-12(8-33)29-25(42)34(13)6-4-28-2/h3,5,8,10,16,21,28H,4,6-7,9H2,1-2H3,(H5-,27,29,30,31,36,38,39,40,41,42)/p+1/b32-15-/t10-,16?,21?/m0/s1. The SMILES string of the molecule is CNCCn1c(=O)[nH]c2c[n+](CC3=C(C(=O)O)N4C(=O)C(NC(=O)/C(=N\O[C@@H](C)C(=O)O)c5nc(N)sc5Cl)C4SC3)ccc21. The second-order valence-electron chi connectivity index (χ2n) is 9.92. The molecule has 0 aliphatic carbocycles. The van der Waals surface area contributed by atoms with Crippen molar-refractivity contribution < 1.29 is 38.8 Å². The second kappa shape index (κ2) is 12.9. The number of hydrogen-bond donors (Lipinski definition) is 6. The van der Waals surface area contributed by atoms with E-state index in [1.807, 2.05) is 0 Å². The molecule has 5 rings (SSSR count). The summed E-state index contributed by atoms with van der Waals surface area (Å²) in [5.41, 5.74) is 6.26. The number of oxime groups is 1. The van der Waals surface area contributed by atoms with Crippen LogP contribution in [0.2, 0.25) is 4.34 Å². The third kappa shape index (κ3) is 6.23. The number of aromatic nitrogens is 4. The zero-order chi connectivity index (χ0) is 32.6. The number of fused-ring (bicyclic) bond motifs is 2. The van der Waals surface area contributed by atoms with E-state index < -0.39 is 47.0 Å². The van der Waals surface area contributed by atoms with Crippen molar-refractivity contribution in [2.75, 3.05) is 25.1 Å². The van der Waals surface area contributed by atoms with Gasteiger partial charge in [-0.25, -0.2) is 19.4 Å². The molecule has 0 aromatic carbocycles. The normalized spacial score (nSPS) is 18.9. The van der Waals surface area contributed by atoms with Crippen molar-refractivity contribution >= 4 is 80.3 Å². The van der Waals surface area contributed by atoms with Crippen LogP contribution in [0.5, 0.6) is 0 Å². The highest BCUT2D eigenvalue weighted by molar-refractivity contribution is 8.00. The number of β-lactam (4-membered cyclic amide) rings is 1. The fourth-order valence-electron chi connectivity index (χ4n) is 4.77. The van der Waals surface area contributed by atoms with E-state index in [9.17, 15) is 29.1 Å². The van der Waals surface area contributed by atoms with Crippen molar-refractivity contribution in [3.05, 3.63) is 50.2 Å². The number of carbonyl (C=O) groups is 4. The second-order valence-corrected chi connectivity index (χ2v) is 12.7. The number of amides is 2. The van der Waals surface area contributed by atoms with Crippen LogP contribution in [0.25, 0.3) is 11.0 Å². The number of pyridine rings is 1. The molecule has 0 spiro atoms. The van der Waals surface area contributed by atoms with Crippen molar-refractivity contribution in [2.45, 2.75) is 37.5 Å². The van der Waals surface area contributed by atoms with Gasteiger partial charge in [0.15, 0.2) is 29.8 Å². The number of carboxylic acid groups (broad SMARTS) is 2. The first-order valence-corrected chi connectivity index (χ1v) is 15.5. The average molecular weight is 681 g/mol. The first kappa shape index (κ1) is 31.9. The van der Waals surface area contributed by atoms with Gasteiger partial charge in [-0.2, -0.15) is 4.57 Å². The van der Waals surface area contributed by atoms with Gasteiger partial charge in [-0.05, 0) is 14.0 Å². The number of imidazole rings is 1. The lowest BCUT2D eigenvalue weighted by atomic mass is 10.0. The predicted molar refractivity (Wildman–Crippen MR) is 163 cm³/mol. The van der Waals surface area contributed by atoms with E-state index in [4.69, 9.17) is 27.3 Å². The van der Waals surface area contributed by atoms with E-state index >= 15 is 0 Å². The first-order valence-electron chi connectivity index (χ1n) is 13.3. The smallest absolute Gasteiger partial charge is 0.352 e. The fraction of sp³-hybridized carbons (Fsp3) is 0.360. The molecule has 2 amide bonds. The summed E-state index contributed by atoms with van der Waals surface area (Å²) in [5.74, 6) is -4.06. The Morgan fingerprint density at radius 1 is 1.36 bits per heavy atom. The highest BCUT2D eigenvalue weighted by Crippen LogP contribution is 2.40. The molecule has 3 atom stereocenters. The number of rotatable bonds is 12. The van der Waals surface area contributed by atoms with E-state index in [1.54, 1.807) is 34.6 Å². The maximum atomic E-state index is 13.3. The van der Waals surface area contributed by atoms with E-state index in [-0.39, 0.29) is 38.8 Å². The van der Waals surface area contributed by atoms with Crippen molar-refractivity contribution in [1.82, 2.24) is 30.1 Å². The number of hydrogen-bond acceptors (Lipinski definition) is 12. The van der Waals surface area contributed by atoms with Crippen LogP contribution in [0.4, 0.5) is 5.13 Å². The fourth-order valence-corrected chi connectivity index (χ4v) is 7.03. The number of carboxylic acids is 2. The Bertz CT molecular complexity index is 1830. The van der Waals surface area contributed by atoms with Crippen molar-refractivity contribution in [3.63, 3.8) is 0 Å². The van der Waals surface area contributed by atoms with Gasteiger partial charge in [0.25, 0.3) is 11.8 Å². The van der Waals surface area contributed by atoms with Crippen LogP contribution in [0.1, 0.15) is 12.6 Å². The largest absolute Gasteiger partial charge is 0.478 e. The number of anilines is 1. The number of aromatic amines is 1. The minimum absolute atomic E-state index is 0.00835. The molecular formula is C25H27ClN9O8S2+. The number of nitrogen functional groups attached to an aromatic ring is 1. The lowest BCUT2D eigenvalue weighted by Gasteiger charge is -2.49. The number of H-pyrrole nitrogens is 1. The summed E-state index contributed by atoms with van der Waals surface area (Å²) in [4.78, 5) is 75.3. The maximum absolute atomic E-state index is 13.3. The molecule has 3 aromatic heterocycles. The topological polar surface area (TPSA) is 238 Å². The van der Waals surface area contributed by atoms with E-state index in [0.717, 1.165) is 16.2 Å². The molecule has 238 valence electrons. The number of carbonyl (C=O) groups excluding carboxylic acids is 2. The molecule has 17 nitrogen and oxygen atoms in total. The molecule has 0 radical (unpaired) electrons. The van der Waals surface area contributed by atoms with Gasteiger partial charge >= 0.3 is 17.6 Å². The van der Waals surface area contributed by atoms with Crippen LogP contribution in [0, 0.1) is 0 Å². The highest BCUT2D eigenvalue weighted by atomic mass is 35.5. The van der Waals surface area contributed by atoms with E-state index in [1.165, 1.54) is 18.7 Å². The number of aliphatic carboxylic acids is 2. The molecule has 3 aromatic rings.